The highest BCUT2D eigenvalue weighted by Crippen LogP contribution is 2.17. The lowest BCUT2D eigenvalue weighted by atomic mass is 10.5. The lowest BCUT2D eigenvalue weighted by Gasteiger charge is -1.94. The normalized spacial score (nSPS) is 10.3. The van der Waals surface area contributed by atoms with Gasteiger partial charge in [-0.1, -0.05) is 0 Å². The number of carbonyl (C=O) groups is 4. The van der Waals surface area contributed by atoms with E-state index < -0.39 is 76.2 Å². The Morgan fingerprint density at radius 2 is 0.900 bits per heavy atom. The van der Waals surface area contributed by atoms with E-state index in [1.54, 1.807) is 0 Å². The van der Waals surface area contributed by atoms with E-state index in [-0.39, 0.29) is 0 Å². The second-order valence-corrected chi connectivity index (χ2v) is 4.55. The predicted octanol–water partition coefficient (Wildman–Crippen LogP) is -2.14. The first-order chi connectivity index (χ1) is 13.9. The minimum atomic E-state index is -2.23. The molecule has 0 aliphatic carbocycles. The van der Waals surface area contributed by atoms with E-state index in [4.69, 9.17) is 0 Å². The molecule has 2 rings (SSSR count). The number of hydrogen-bond donors (Lipinski definition) is 0. The van der Waals surface area contributed by atoms with Crippen LogP contribution in [0.1, 0.15) is 21.2 Å². The SMILES string of the molecule is O=C(c1nc(-c2nc(C(=O)[N+](=O)[O-])nn2C(=O)[N+](=O)[O-])n(C(=O)[N+](=O)[O-])n1)[N+](=O)[O-]. The van der Waals surface area contributed by atoms with Crippen molar-refractivity contribution < 1.29 is 38.9 Å². The fourth-order valence-electron chi connectivity index (χ4n) is 1.68. The summed E-state index contributed by atoms with van der Waals surface area (Å²) >= 11 is 0. The summed E-state index contributed by atoms with van der Waals surface area (Å²) in [4.78, 5) is 88.2. The van der Waals surface area contributed by atoms with Gasteiger partial charge in [0.25, 0.3) is 0 Å². The lowest BCUT2D eigenvalue weighted by Crippen LogP contribution is -2.25. The molecule has 0 saturated carbocycles. The van der Waals surface area contributed by atoms with Gasteiger partial charge < -0.3 is 20.2 Å². The highest BCUT2D eigenvalue weighted by atomic mass is 16.7. The quantitative estimate of drug-likeness (QED) is 0.371. The van der Waals surface area contributed by atoms with Gasteiger partial charge in [0.05, 0.1) is 0 Å². The highest BCUT2D eigenvalue weighted by molar-refractivity contribution is 5.87. The second kappa shape index (κ2) is 7.29. The molecule has 0 spiro atoms. The third-order valence-corrected chi connectivity index (χ3v) is 2.80. The van der Waals surface area contributed by atoms with Crippen LogP contribution in [-0.2, 0) is 0 Å². The van der Waals surface area contributed by atoms with Gasteiger partial charge in [0.15, 0.2) is 0 Å². The van der Waals surface area contributed by atoms with E-state index >= 15 is 0 Å². The Bertz CT molecular complexity index is 1100. The van der Waals surface area contributed by atoms with Crippen LogP contribution in [0.4, 0.5) is 9.59 Å². The first-order valence-electron chi connectivity index (χ1n) is 6.56. The van der Waals surface area contributed by atoms with Crippen LogP contribution in [0.5, 0.6) is 0 Å². The summed E-state index contributed by atoms with van der Waals surface area (Å²) in [7, 11) is 0. The van der Waals surface area contributed by atoms with Gasteiger partial charge in [-0.2, -0.15) is 19.6 Å². The van der Waals surface area contributed by atoms with Crippen molar-refractivity contribution in [3.63, 3.8) is 0 Å². The highest BCUT2D eigenvalue weighted by Gasteiger charge is 2.43. The van der Waals surface area contributed by atoms with Crippen LogP contribution in [0.2, 0.25) is 0 Å². The summed E-state index contributed by atoms with van der Waals surface area (Å²) in [6, 6.07) is -4.46. The van der Waals surface area contributed by atoms with Crippen LogP contribution in [0.15, 0.2) is 0 Å². The van der Waals surface area contributed by atoms with Crippen molar-refractivity contribution in [2.24, 2.45) is 0 Å². The topological polar surface area (TPSA) is 302 Å². The molecule has 30 heavy (non-hydrogen) atoms. The number of nitro groups is 4. The fourth-order valence-corrected chi connectivity index (χ4v) is 1.68. The number of amides is 4. The first kappa shape index (κ1) is 20.9. The van der Waals surface area contributed by atoms with Gasteiger partial charge in [0.1, 0.15) is 9.85 Å². The summed E-state index contributed by atoms with van der Waals surface area (Å²) in [5, 5.41) is 48.3. The molecule has 0 unspecified atom stereocenters. The molecule has 0 radical (unpaired) electrons. The third-order valence-electron chi connectivity index (χ3n) is 2.80. The van der Waals surface area contributed by atoms with Gasteiger partial charge in [-0.05, 0) is 19.6 Å². The molecule has 22 nitrogen and oxygen atoms in total. The van der Waals surface area contributed by atoms with Crippen molar-refractivity contribution in [1.82, 2.24) is 29.5 Å². The Morgan fingerprint density at radius 3 is 1.13 bits per heavy atom. The molecule has 0 aromatic carbocycles. The number of carbonyl (C=O) groups excluding carboxylic acids is 4. The molecule has 0 aliphatic rings. The average molecular weight is 428 g/mol. The largest absolute Gasteiger partial charge is 0.567 e. The number of hydrogen-bond acceptors (Lipinski definition) is 16. The zero-order valence-corrected chi connectivity index (χ0v) is 13.4. The van der Waals surface area contributed by atoms with Gasteiger partial charge in [-0.3, -0.25) is 20.2 Å². The third kappa shape index (κ3) is 3.52. The molecule has 2 aromatic rings. The summed E-state index contributed by atoms with van der Waals surface area (Å²) < 4.78 is -0.851. The van der Waals surface area contributed by atoms with Crippen molar-refractivity contribution in [2.75, 3.05) is 0 Å². The second-order valence-electron chi connectivity index (χ2n) is 4.55. The summed E-state index contributed by atoms with van der Waals surface area (Å²) in [6.45, 7) is 0. The summed E-state index contributed by atoms with van der Waals surface area (Å²) in [6.07, 6.45) is 0. The van der Waals surface area contributed by atoms with Crippen LogP contribution in [0, 0.1) is 40.5 Å². The molecular formula is C8N10O12. The standard InChI is InChI=1S/C8N10O12/c19-5(15(23)24)1-9-3(13(11-1)7(21)17(27)28)4-10-2(6(20)16(25)26)12-14(4)8(22)18(29)30. The Morgan fingerprint density at radius 1 is 0.600 bits per heavy atom. The average Bonchev–Trinajstić information content (AvgIpc) is 3.29. The fraction of sp³-hybridized carbons (Fsp3) is 0. The molecule has 2 heterocycles. The summed E-state index contributed by atoms with van der Waals surface area (Å²) in [5.74, 6) is -9.86. The minimum absolute atomic E-state index is 0.426. The van der Waals surface area contributed by atoms with Crippen LogP contribution >= 0.6 is 0 Å². The van der Waals surface area contributed by atoms with E-state index in [0.717, 1.165) is 0 Å². The maximum absolute atomic E-state index is 11.6. The zero-order chi connectivity index (χ0) is 22.9. The minimum Gasteiger partial charge on any atom is -0.355 e. The van der Waals surface area contributed by atoms with Crippen LogP contribution in [0.3, 0.4) is 0 Å². The van der Waals surface area contributed by atoms with Gasteiger partial charge in [0.2, 0.25) is 0 Å². The predicted molar refractivity (Wildman–Crippen MR) is 77.3 cm³/mol. The Kier molecular flexibility index (Phi) is 5.07. The molecule has 22 heteroatoms. The van der Waals surface area contributed by atoms with Crippen LogP contribution < -0.4 is 0 Å². The van der Waals surface area contributed by atoms with E-state index in [9.17, 15) is 59.6 Å². The first-order valence-corrected chi connectivity index (χ1v) is 6.56. The Labute approximate surface area is 157 Å². The van der Waals surface area contributed by atoms with E-state index in [2.05, 4.69) is 20.2 Å². The number of rotatable bonds is 3. The molecule has 0 saturated heterocycles. The van der Waals surface area contributed by atoms with Gasteiger partial charge in [-0.25, -0.2) is 9.59 Å². The Hall–Kier alpha value is -5.44. The maximum Gasteiger partial charge on any atom is 0.567 e. The van der Waals surface area contributed by atoms with E-state index in [1.807, 2.05) is 0 Å². The van der Waals surface area contributed by atoms with Crippen LogP contribution in [-0.4, -0.2) is 73.1 Å². The molecule has 0 fully saturated rings. The van der Waals surface area contributed by atoms with Gasteiger partial charge in [0, 0.05) is 9.85 Å². The molecule has 2 aromatic heterocycles. The van der Waals surface area contributed by atoms with Crippen molar-refractivity contribution >= 4 is 23.9 Å². The van der Waals surface area contributed by atoms with Crippen LogP contribution in [0.25, 0.3) is 11.6 Å². The van der Waals surface area contributed by atoms with Crippen molar-refractivity contribution in [1.29, 1.82) is 0 Å². The molecule has 0 atom stereocenters. The number of nitrogens with zero attached hydrogens (tertiary/aromatic N) is 10. The van der Waals surface area contributed by atoms with E-state index in [0.29, 0.717) is 0 Å². The molecule has 4 amide bonds. The van der Waals surface area contributed by atoms with Gasteiger partial charge >= 0.3 is 47.2 Å². The molecular weight excluding hydrogens is 428 g/mol. The van der Waals surface area contributed by atoms with Crippen molar-refractivity contribution in [2.45, 2.75) is 0 Å². The lowest BCUT2D eigenvalue weighted by molar-refractivity contribution is -0.377. The monoisotopic (exact) mass is 428 g/mol. The van der Waals surface area contributed by atoms with Gasteiger partial charge in [-0.15, -0.1) is 0 Å². The molecule has 154 valence electrons. The molecule has 0 aliphatic heterocycles. The zero-order valence-electron chi connectivity index (χ0n) is 13.4. The van der Waals surface area contributed by atoms with E-state index in [1.165, 1.54) is 0 Å². The Balaban J connectivity index is 2.86. The maximum atomic E-state index is 11.6. The molecule has 0 N–H and O–H groups in total. The smallest absolute Gasteiger partial charge is 0.355 e. The summed E-state index contributed by atoms with van der Waals surface area (Å²) in [5.41, 5.74) is 0. The molecule has 0 bridgehead atoms. The number of aromatic nitrogens is 6. The van der Waals surface area contributed by atoms with Crippen molar-refractivity contribution in [3.8, 4) is 11.6 Å². The van der Waals surface area contributed by atoms with Crippen molar-refractivity contribution in [3.05, 3.63) is 52.1 Å².